The molecule has 0 radical (unpaired) electrons. The molecule has 6 aromatic carbocycles. The molecule has 71 heavy (non-hydrogen) atoms. The van der Waals surface area contributed by atoms with Crippen LogP contribution in [-0.4, -0.2) is 73.0 Å². The number of phenols is 1. The molecule has 0 fully saturated rings. The molecule has 0 spiro atoms. The van der Waals surface area contributed by atoms with Gasteiger partial charge in [0.1, 0.15) is 35.1 Å². The number of carbonyl (C=O) groups is 4. The highest BCUT2D eigenvalue weighted by Crippen LogP contribution is 2.28. The third-order valence-electron chi connectivity index (χ3n) is 10.1. The minimum atomic E-state index is -0.907. The Labute approximate surface area is 424 Å². The van der Waals surface area contributed by atoms with Crippen LogP contribution in [0.3, 0.4) is 0 Å². The Kier molecular flexibility index (Phi) is 18.3. The molecule has 0 unspecified atom stereocenters. The van der Waals surface area contributed by atoms with Crippen molar-refractivity contribution in [3.05, 3.63) is 171 Å². The summed E-state index contributed by atoms with van der Waals surface area (Å²) in [6, 6.07) is 36.7. The van der Waals surface area contributed by atoms with Gasteiger partial charge in [0.25, 0.3) is 17.8 Å². The average Bonchev–Trinajstić information content (AvgIpc) is 3.93. The number of hydrogen-bond acceptors (Lipinski definition) is 10. The van der Waals surface area contributed by atoms with E-state index in [0.29, 0.717) is 49.7 Å². The number of aromatic hydroxyl groups is 1. The van der Waals surface area contributed by atoms with Crippen LogP contribution in [0.5, 0.6) is 29.0 Å². The second-order valence-corrected chi connectivity index (χ2v) is 17.6. The number of fused-ring (bicyclic) bond motifs is 2. The normalized spacial score (nSPS) is 11.7. The summed E-state index contributed by atoms with van der Waals surface area (Å²) in [5.74, 6) is -0.577. The Balaban J connectivity index is 0.000000199. The smallest absolute Gasteiger partial charge is 0.300 e. The summed E-state index contributed by atoms with van der Waals surface area (Å²) in [5, 5.41) is 15.7. The summed E-state index contributed by atoms with van der Waals surface area (Å²) in [7, 11) is 0. The molecule has 2 heterocycles. The quantitative estimate of drug-likeness (QED) is 0.0483. The molecule has 0 saturated carbocycles. The Morgan fingerprint density at radius 1 is 0.592 bits per heavy atom. The van der Waals surface area contributed by atoms with Crippen molar-refractivity contribution in [1.82, 2.24) is 30.6 Å². The van der Waals surface area contributed by atoms with E-state index < -0.39 is 35.7 Å². The summed E-state index contributed by atoms with van der Waals surface area (Å²) in [4.78, 5) is 63.3. The first-order valence-electron chi connectivity index (χ1n) is 22.1. The molecule has 16 nitrogen and oxygen atoms in total. The molecule has 8 rings (SSSR count). The van der Waals surface area contributed by atoms with Gasteiger partial charge in [-0.05, 0) is 135 Å². The maximum atomic E-state index is 12.7. The summed E-state index contributed by atoms with van der Waals surface area (Å²) in [5.41, 5.74) is 16.7. The topological polar surface area (TPSA) is 250 Å². The lowest BCUT2D eigenvalue weighted by Gasteiger charge is -2.17. The van der Waals surface area contributed by atoms with Gasteiger partial charge in [-0.1, -0.05) is 71.7 Å². The molecule has 0 bridgehead atoms. The molecule has 2 aromatic heterocycles. The minimum absolute atomic E-state index is 0.0447. The van der Waals surface area contributed by atoms with Gasteiger partial charge < -0.3 is 51.4 Å². The standard InChI is InChI=1S/C26H25ClN4O4.C19H21ClN2O4.C7H5ClN2/c1-15(2)34-23-12-9-17(14-19(23)27)25(33)29-22(24(28)32)13-16-7-10-18(11-8-16)35-26-30-20-5-3-4-6-21(20)31-26;1-11(2)26-17-8-5-13(10-15(17)20)19(25)22-16(18(21)24)9-12-3-6-14(23)7-4-12;8-7-9-5-3-1-2-4-6(5)10-7/h3-12,14-15,22H,13H2,1-2H3,(H2,28,32)(H,29,33)(H,30,31);3-8,10-11,16,23H,9H2,1-2H3,(H2,21,24)(H,22,25);1-4H,(H,9,10)/t22-;16-;/m00./s1. The molecular weight excluding hydrogens is 971 g/mol. The SMILES string of the molecule is CC(C)Oc1ccc(C(=O)N[C@@H](Cc2ccc(O)cc2)C(N)=O)cc1Cl.CC(C)Oc1ccc(C(=O)N[C@@H](Cc2ccc(Oc3nc4ccccc4[nH]3)cc2)C(N)=O)cc1Cl.Clc1nc2ccccc2[nH]1. The van der Waals surface area contributed by atoms with Crippen molar-refractivity contribution >= 4 is 80.5 Å². The van der Waals surface area contributed by atoms with Crippen molar-refractivity contribution in [1.29, 1.82) is 0 Å². The van der Waals surface area contributed by atoms with E-state index in [-0.39, 0.29) is 30.8 Å². The number of nitrogens with zero attached hydrogens (tertiary/aromatic N) is 2. The number of H-pyrrole nitrogens is 2. The zero-order valence-corrected chi connectivity index (χ0v) is 41.2. The Bertz CT molecular complexity index is 3040. The van der Waals surface area contributed by atoms with E-state index in [2.05, 4.69) is 30.6 Å². The van der Waals surface area contributed by atoms with Crippen molar-refractivity contribution in [2.75, 3.05) is 0 Å². The number of amides is 4. The molecule has 0 saturated heterocycles. The fraction of sp³-hybridized carbons (Fsp3) is 0.192. The number of aromatic amines is 2. The third-order valence-corrected chi connectivity index (χ3v) is 10.9. The fourth-order valence-electron chi connectivity index (χ4n) is 6.72. The van der Waals surface area contributed by atoms with Crippen LogP contribution in [-0.2, 0) is 22.4 Å². The van der Waals surface area contributed by atoms with Crippen molar-refractivity contribution in [3.63, 3.8) is 0 Å². The van der Waals surface area contributed by atoms with Gasteiger partial charge in [-0.15, -0.1) is 0 Å². The monoisotopic (exact) mass is 1020 g/mol. The van der Waals surface area contributed by atoms with E-state index in [9.17, 15) is 24.3 Å². The first-order valence-corrected chi connectivity index (χ1v) is 23.3. The third kappa shape index (κ3) is 15.6. The van der Waals surface area contributed by atoms with Gasteiger partial charge in [0, 0.05) is 24.0 Å². The molecular formula is C52H51Cl3N8O8. The number of imidazole rings is 2. The number of nitrogens with two attached hydrogens (primary N) is 2. The molecule has 8 aromatic rings. The number of phenolic OH excluding ortho intramolecular Hbond substituents is 1. The van der Waals surface area contributed by atoms with Crippen LogP contribution in [0.1, 0.15) is 59.5 Å². The van der Waals surface area contributed by atoms with E-state index in [4.69, 9.17) is 60.5 Å². The van der Waals surface area contributed by atoms with Crippen LogP contribution < -0.4 is 36.3 Å². The lowest BCUT2D eigenvalue weighted by Crippen LogP contribution is -2.45. The zero-order valence-electron chi connectivity index (χ0n) is 38.9. The van der Waals surface area contributed by atoms with Gasteiger partial charge >= 0.3 is 0 Å². The van der Waals surface area contributed by atoms with Gasteiger partial charge in [-0.25, -0.2) is 4.98 Å². The van der Waals surface area contributed by atoms with Gasteiger partial charge in [-0.2, -0.15) is 4.98 Å². The largest absolute Gasteiger partial charge is 0.508 e. The number of benzene rings is 6. The Hall–Kier alpha value is -7.79. The van der Waals surface area contributed by atoms with Crippen LogP contribution in [0.2, 0.25) is 15.3 Å². The molecule has 0 aliphatic heterocycles. The highest BCUT2D eigenvalue weighted by molar-refractivity contribution is 6.33. The number of carbonyl (C=O) groups excluding carboxylic acids is 4. The highest BCUT2D eigenvalue weighted by atomic mass is 35.5. The Morgan fingerprint density at radius 2 is 1.03 bits per heavy atom. The number of rotatable bonds is 16. The second-order valence-electron chi connectivity index (χ2n) is 16.4. The van der Waals surface area contributed by atoms with E-state index >= 15 is 0 Å². The fourth-order valence-corrected chi connectivity index (χ4v) is 7.36. The van der Waals surface area contributed by atoms with E-state index in [1.54, 1.807) is 60.7 Å². The van der Waals surface area contributed by atoms with E-state index in [0.717, 1.165) is 33.2 Å². The summed E-state index contributed by atoms with van der Waals surface area (Å²) in [6.07, 6.45) is 0.330. The summed E-state index contributed by atoms with van der Waals surface area (Å²) < 4.78 is 16.9. The van der Waals surface area contributed by atoms with Crippen LogP contribution in [0.15, 0.2) is 133 Å². The maximum Gasteiger partial charge on any atom is 0.300 e. The maximum absolute atomic E-state index is 12.7. The van der Waals surface area contributed by atoms with Crippen LogP contribution in [0, 0.1) is 0 Å². The first kappa shape index (κ1) is 52.6. The van der Waals surface area contributed by atoms with Crippen LogP contribution in [0.4, 0.5) is 0 Å². The predicted octanol–water partition coefficient (Wildman–Crippen LogP) is 9.50. The number of nitrogens with one attached hydrogen (secondary N) is 4. The number of aromatic nitrogens is 4. The van der Waals surface area contributed by atoms with Crippen molar-refractivity contribution in [2.45, 2.75) is 64.8 Å². The lowest BCUT2D eigenvalue weighted by atomic mass is 10.0. The van der Waals surface area contributed by atoms with Crippen molar-refractivity contribution < 1.29 is 38.5 Å². The second kappa shape index (κ2) is 24.7. The van der Waals surface area contributed by atoms with Crippen molar-refractivity contribution in [2.24, 2.45) is 11.5 Å². The number of halogens is 3. The molecule has 0 aliphatic rings. The molecule has 368 valence electrons. The lowest BCUT2D eigenvalue weighted by molar-refractivity contribution is -0.120. The van der Waals surface area contributed by atoms with Crippen molar-refractivity contribution in [3.8, 4) is 29.0 Å². The van der Waals surface area contributed by atoms with Gasteiger partial charge in [0.2, 0.25) is 17.1 Å². The predicted molar refractivity (Wildman–Crippen MR) is 275 cm³/mol. The number of para-hydroxylation sites is 4. The van der Waals surface area contributed by atoms with E-state index in [1.165, 1.54) is 24.3 Å². The number of ether oxygens (including phenoxy) is 3. The molecule has 2 atom stereocenters. The molecule has 4 amide bonds. The van der Waals surface area contributed by atoms with E-state index in [1.807, 2.05) is 76.2 Å². The highest BCUT2D eigenvalue weighted by Gasteiger charge is 2.22. The zero-order chi connectivity index (χ0) is 51.2. The molecule has 19 heteroatoms. The summed E-state index contributed by atoms with van der Waals surface area (Å²) in [6.45, 7) is 7.51. The minimum Gasteiger partial charge on any atom is -0.508 e. The Morgan fingerprint density at radius 3 is 1.45 bits per heavy atom. The van der Waals surface area contributed by atoms with Crippen LogP contribution in [0.25, 0.3) is 22.1 Å². The van der Waals surface area contributed by atoms with Gasteiger partial charge in [-0.3, -0.25) is 19.2 Å². The molecule has 0 aliphatic carbocycles. The number of hydrogen-bond donors (Lipinski definition) is 7. The summed E-state index contributed by atoms with van der Waals surface area (Å²) >= 11 is 18.0. The average molecular weight is 1020 g/mol. The van der Waals surface area contributed by atoms with Gasteiger partial charge in [0.15, 0.2) is 0 Å². The first-order chi connectivity index (χ1) is 33.9. The van der Waals surface area contributed by atoms with Crippen LogP contribution >= 0.6 is 34.8 Å². The van der Waals surface area contributed by atoms with Gasteiger partial charge in [0.05, 0.1) is 44.3 Å². The number of primary amides is 2. The molecule has 9 N–H and O–H groups in total.